The Morgan fingerprint density at radius 2 is 1.59 bits per heavy atom. The van der Waals surface area contributed by atoms with E-state index in [1.54, 1.807) is 6.07 Å². The molecule has 0 spiro atoms. The molecule has 0 heterocycles. The number of phenolic OH excluding ortho intramolecular Hbond substituents is 1. The number of fused-ring (bicyclic) bond motifs is 6. The second-order valence-electron chi connectivity index (χ2n) is 14.3. The van der Waals surface area contributed by atoms with Gasteiger partial charge in [0, 0.05) is 5.92 Å². The minimum Gasteiger partial charge on any atom is -0.508 e. The number of nitrogens with one attached hydrogen (secondary N) is 1. The topological polar surface area (TPSA) is 66.4 Å². The summed E-state index contributed by atoms with van der Waals surface area (Å²) in [5.41, 5.74) is 5.55. The van der Waals surface area contributed by atoms with E-state index >= 15 is 0 Å². The molecule has 0 bridgehead atoms. The number of phenols is 1. The molecule has 2 amide bonds. The fourth-order valence-corrected chi connectivity index (χ4v) is 9.84. The fraction of sp³-hybridized carbons (Fsp3) is 0.600. The van der Waals surface area contributed by atoms with Crippen LogP contribution in [0.15, 0.2) is 36.4 Å². The predicted octanol–water partition coefficient (Wildman–Crippen LogP) is 7.06. The Morgan fingerprint density at radius 1 is 0.846 bits per heavy atom. The fourth-order valence-electron chi connectivity index (χ4n) is 9.84. The van der Waals surface area contributed by atoms with Crippen LogP contribution < -0.4 is 5.32 Å². The second kappa shape index (κ2) is 8.94. The van der Waals surface area contributed by atoms with Gasteiger partial charge in [0.05, 0.1) is 5.41 Å². The summed E-state index contributed by atoms with van der Waals surface area (Å²) in [6, 6.07) is 12.6. The third-order valence-corrected chi connectivity index (χ3v) is 12.4. The molecule has 4 aliphatic carbocycles. The molecule has 39 heavy (non-hydrogen) atoms. The van der Waals surface area contributed by atoms with E-state index in [1.165, 1.54) is 27.8 Å². The highest BCUT2D eigenvalue weighted by Crippen LogP contribution is 2.61. The minimum atomic E-state index is -0.610. The van der Waals surface area contributed by atoms with Gasteiger partial charge in [0.25, 0.3) is 0 Å². The van der Waals surface area contributed by atoms with Gasteiger partial charge in [-0.05, 0) is 115 Å². The minimum absolute atomic E-state index is 0.0631. The highest BCUT2D eigenvalue weighted by molar-refractivity contribution is 5.99. The van der Waals surface area contributed by atoms with Gasteiger partial charge in [0.15, 0.2) is 0 Å². The number of carbonyl (C=O) groups excluding carboxylic acids is 2. The largest absolute Gasteiger partial charge is 0.508 e. The Balaban J connectivity index is 1.28. The van der Waals surface area contributed by atoms with Gasteiger partial charge in [-0.15, -0.1) is 0 Å². The number of imide groups is 1. The van der Waals surface area contributed by atoms with Gasteiger partial charge < -0.3 is 5.11 Å². The van der Waals surface area contributed by atoms with Crippen LogP contribution >= 0.6 is 0 Å². The van der Waals surface area contributed by atoms with E-state index in [1.807, 2.05) is 12.1 Å². The summed E-state index contributed by atoms with van der Waals surface area (Å²) in [4.78, 5) is 28.2. The van der Waals surface area contributed by atoms with Gasteiger partial charge in [-0.3, -0.25) is 14.9 Å². The lowest BCUT2D eigenvalue weighted by Gasteiger charge is -2.58. The van der Waals surface area contributed by atoms with E-state index in [9.17, 15) is 14.7 Å². The van der Waals surface area contributed by atoms with Gasteiger partial charge in [-0.1, -0.05) is 70.4 Å². The predicted molar refractivity (Wildman–Crippen MR) is 155 cm³/mol. The van der Waals surface area contributed by atoms with Crippen LogP contribution in [0.2, 0.25) is 0 Å². The maximum Gasteiger partial charge on any atom is 0.232 e. The van der Waals surface area contributed by atoms with Crippen molar-refractivity contribution in [2.45, 2.75) is 110 Å². The van der Waals surface area contributed by atoms with Crippen molar-refractivity contribution in [1.29, 1.82) is 0 Å². The molecule has 6 atom stereocenters. The molecule has 2 aromatic carbocycles. The number of carbonyl (C=O) groups is 2. The quantitative estimate of drug-likeness (QED) is 0.411. The molecule has 4 nitrogen and oxygen atoms in total. The molecule has 2 saturated carbocycles. The van der Waals surface area contributed by atoms with Gasteiger partial charge in [0.1, 0.15) is 5.75 Å². The molecule has 0 saturated heterocycles. The summed E-state index contributed by atoms with van der Waals surface area (Å²) in [7, 11) is 0. The number of aryl methyl sites for hydroxylation is 3. The number of benzene rings is 2. The van der Waals surface area contributed by atoms with Gasteiger partial charge >= 0.3 is 0 Å². The van der Waals surface area contributed by atoms with Gasteiger partial charge in [-0.25, -0.2) is 0 Å². The molecule has 2 fully saturated rings. The Morgan fingerprint density at radius 3 is 2.38 bits per heavy atom. The molecule has 208 valence electrons. The van der Waals surface area contributed by atoms with Crippen molar-refractivity contribution in [2.75, 3.05) is 0 Å². The molecule has 2 aromatic rings. The molecule has 1 unspecified atom stereocenters. The molecule has 2 N–H and O–H groups in total. The molecule has 4 aliphatic rings. The van der Waals surface area contributed by atoms with E-state index in [4.69, 9.17) is 0 Å². The average Bonchev–Trinajstić information content (AvgIpc) is 2.89. The standard InChI is InChI=1S/C35H45NO3/c1-22-9-10-24-15-19-35(5)26(8-6-18-34(35,4)28(24)20-22)30(38)36-31(39)33(3)17-7-16-32(2)27-21-25(37)13-11-23(27)12-14-29(32)33/h9-11,13,20-21,26,29,37H,6-8,12,14-19H2,1-5H3,(H,36,38,39)/t26?,29-,32-,33+,34-,35+/m1/s1. The zero-order valence-corrected chi connectivity index (χ0v) is 24.5. The van der Waals surface area contributed by atoms with Crippen molar-refractivity contribution in [3.05, 3.63) is 64.2 Å². The van der Waals surface area contributed by atoms with E-state index in [-0.39, 0.29) is 39.9 Å². The monoisotopic (exact) mass is 527 g/mol. The molecule has 6 rings (SSSR count). The van der Waals surface area contributed by atoms with E-state index in [2.05, 4.69) is 58.1 Å². The second-order valence-corrected chi connectivity index (χ2v) is 14.3. The first-order valence-electron chi connectivity index (χ1n) is 15.2. The molecule has 0 aromatic heterocycles. The van der Waals surface area contributed by atoms with Crippen molar-refractivity contribution in [3.63, 3.8) is 0 Å². The van der Waals surface area contributed by atoms with Crippen molar-refractivity contribution in [1.82, 2.24) is 5.32 Å². The van der Waals surface area contributed by atoms with Crippen LogP contribution in [0.1, 0.15) is 107 Å². The molecular weight excluding hydrogens is 482 g/mol. The summed E-state index contributed by atoms with van der Waals surface area (Å²) in [5, 5.41) is 13.3. The SMILES string of the molecule is Cc1ccc2c(c1)[C@@]1(C)CCCC(C(=O)NC(=O)[C@@]3(C)CCC[C@]4(C)c5cc(O)ccc5CC[C@@H]34)[C@]1(C)CC2. The van der Waals surface area contributed by atoms with Crippen LogP contribution in [0.4, 0.5) is 0 Å². The number of amides is 2. The lowest BCUT2D eigenvalue weighted by Crippen LogP contribution is -2.60. The van der Waals surface area contributed by atoms with Crippen molar-refractivity contribution in [2.24, 2.45) is 22.7 Å². The van der Waals surface area contributed by atoms with Gasteiger partial charge in [-0.2, -0.15) is 0 Å². The zero-order chi connectivity index (χ0) is 27.8. The third kappa shape index (κ3) is 3.76. The number of rotatable bonds is 2. The highest BCUT2D eigenvalue weighted by Gasteiger charge is 2.59. The van der Waals surface area contributed by atoms with Crippen LogP contribution in [-0.2, 0) is 33.3 Å². The van der Waals surface area contributed by atoms with Crippen molar-refractivity contribution in [3.8, 4) is 5.75 Å². The summed E-state index contributed by atoms with van der Waals surface area (Å²) >= 11 is 0. The van der Waals surface area contributed by atoms with Crippen LogP contribution in [0.3, 0.4) is 0 Å². The van der Waals surface area contributed by atoms with Crippen LogP contribution in [0.5, 0.6) is 5.75 Å². The average molecular weight is 528 g/mol. The molecular formula is C35H45NO3. The summed E-state index contributed by atoms with van der Waals surface area (Å²) < 4.78 is 0. The highest BCUT2D eigenvalue weighted by atomic mass is 16.3. The van der Waals surface area contributed by atoms with Crippen LogP contribution in [0.25, 0.3) is 0 Å². The Bertz CT molecular complexity index is 1350. The maximum absolute atomic E-state index is 14.2. The van der Waals surface area contributed by atoms with E-state index < -0.39 is 5.41 Å². The zero-order valence-electron chi connectivity index (χ0n) is 24.5. The summed E-state index contributed by atoms with van der Waals surface area (Å²) in [6.45, 7) is 11.2. The normalized spacial score (nSPS) is 37.1. The summed E-state index contributed by atoms with van der Waals surface area (Å²) in [5.74, 6) is 0.108. The Kier molecular flexibility index (Phi) is 6.10. The number of aromatic hydroxyl groups is 1. The van der Waals surface area contributed by atoms with Gasteiger partial charge in [0.2, 0.25) is 11.8 Å². The van der Waals surface area contributed by atoms with E-state index in [0.717, 1.165) is 64.2 Å². The Labute approximate surface area is 234 Å². The van der Waals surface area contributed by atoms with Crippen molar-refractivity contribution >= 4 is 11.8 Å². The lowest BCUT2D eigenvalue weighted by atomic mass is 9.46. The third-order valence-electron chi connectivity index (χ3n) is 12.4. The first-order valence-corrected chi connectivity index (χ1v) is 15.2. The Hall–Kier alpha value is -2.62. The number of hydrogen-bond acceptors (Lipinski definition) is 3. The molecule has 0 aliphatic heterocycles. The van der Waals surface area contributed by atoms with Crippen LogP contribution in [0, 0.1) is 29.6 Å². The molecule has 0 radical (unpaired) electrons. The first kappa shape index (κ1) is 26.6. The molecule has 4 heteroatoms. The summed E-state index contributed by atoms with van der Waals surface area (Å²) in [6.07, 6.45) is 9.48. The first-order chi connectivity index (χ1) is 18.4. The number of hydrogen-bond donors (Lipinski definition) is 2. The smallest absolute Gasteiger partial charge is 0.232 e. The lowest BCUT2D eigenvalue weighted by molar-refractivity contribution is -0.148. The van der Waals surface area contributed by atoms with E-state index in [0.29, 0.717) is 5.75 Å². The van der Waals surface area contributed by atoms with Crippen LogP contribution in [-0.4, -0.2) is 16.9 Å². The maximum atomic E-state index is 14.2. The van der Waals surface area contributed by atoms with Crippen molar-refractivity contribution < 1.29 is 14.7 Å².